The van der Waals surface area contributed by atoms with Crippen molar-refractivity contribution in [2.24, 2.45) is 0 Å². The lowest BCUT2D eigenvalue weighted by Gasteiger charge is -2.42. The van der Waals surface area contributed by atoms with Gasteiger partial charge in [0.15, 0.2) is 5.82 Å². The van der Waals surface area contributed by atoms with E-state index in [1.54, 1.807) is 7.11 Å². The minimum absolute atomic E-state index is 0.350. The second kappa shape index (κ2) is 9.96. The van der Waals surface area contributed by atoms with Gasteiger partial charge in [-0.3, -0.25) is 0 Å². The Morgan fingerprint density at radius 2 is 1.73 bits per heavy atom. The van der Waals surface area contributed by atoms with E-state index in [1.165, 1.54) is 11.3 Å². The maximum atomic E-state index is 5.80. The first-order valence-corrected chi connectivity index (χ1v) is 13.1. The highest BCUT2D eigenvalue weighted by Crippen LogP contribution is 2.39. The third-order valence-corrected chi connectivity index (χ3v) is 7.49. The van der Waals surface area contributed by atoms with Gasteiger partial charge in [-0.1, -0.05) is 12.1 Å². The molecule has 1 atom stereocenters. The van der Waals surface area contributed by atoms with E-state index < -0.39 is 0 Å². The van der Waals surface area contributed by atoms with Gasteiger partial charge < -0.3 is 23.8 Å². The van der Waals surface area contributed by atoms with Gasteiger partial charge in [0.1, 0.15) is 11.5 Å². The summed E-state index contributed by atoms with van der Waals surface area (Å²) in [6.07, 6.45) is 0. The lowest BCUT2D eigenvalue weighted by Crippen LogP contribution is -2.52. The normalized spacial score (nSPS) is 15.9. The molecule has 2 aromatic carbocycles. The van der Waals surface area contributed by atoms with Crippen LogP contribution in [0.1, 0.15) is 36.5 Å². The van der Waals surface area contributed by atoms with Gasteiger partial charge in [-0.2, -0.15) is 5.10 Å². The molecule has 0 radical (unpaired) electrons. The number of aryl methyl sites for hydroxylation is 4. The molecule has 0 N–H and O–H groups in total. The summed E-state index contributed by atoms with van der Waals surface area (Å²) in [5.41, 5.74) is 6.77. The van der Waals surface area contributed by atoms with Crippen LogP contribution < -0.4 is 19.3 Å². The molecular formula is C30H37N5O2. The maximum absolute atomic E-state index is 5.80. The summed E-state index contributed by atoms with van der Waals surface area (Å²) in [4.78, 5) is 4.90. The molecule has 1 unspecified atom stereocenters. The number of piperazine rings is 1. The first-order chi connectivity index (χ1) is 17.8. The highest BCUT2D eigenvalue weighted by atomic mass is 16.5. The second-order valence-electron chi connectivity index (χ2n) is 9.96. The Kier molecular flexibility index (Phi) is 6.71. The van der Waals surface area contributed by atoms with E-state index in [1.807, 2.05) is 26.0 Å². The smallest absolute Gasteiger partial charge is 0.161 e. The highest BCUT2D eigenvalue weighted by molar-refractivity contribution is 5.99. The van der Waals surface area contributed by atoms with Crippen LogP contribution in [0.2, 0.25) is 0 Å². The lowest BCUT2D eigenvalue weighted by atomic mass is 10.1. The van der Waals surface area contributed by atoms with Gasteiger partial charge in [0, 0.05) is 59.6 Å². The van der Waals surface area contributed by atoms with E-state index in [0.717, 1.165) is 70.5 Å². The molecule has 3 heterocycles. The predicted molar refractivity (Wildman–Crippen MR) is 151 cm³/mol. The molecular weight excluding hydrogens is 462 g/mol. The number of hydrogen-bond donors (Lipinski definition) is 0. The van der Waals surface area contributed by atoms with Crippen LogP contribution in [0, 0.1) is 27.7 Å². The summed E-state index contributed by atoms with van der Waals surface area (Å²) in [5.74, 6) is 2.54. The summed E-state index contributed by atoms with van der Waals surface area (Å²) in [5, 5.41) is 11.7. The Bertz CT molecular complexity index is 1440. The monoisotopic (exact) mass is 499 g/mol. The van der Waals surface area contributed by atoms with Crippen LogP contribution in [0.25, 0.3) is 16.5 Å². The zero-order valence-electron chi connectivity index (χ0n) is 23.0. The third-order valence-electron chi connectivity index (χ3n) is 7.49. The number of ether oxygens (including phenoxy) is 2. The second-order valence-corrected chi connectivity index (χ2v) is 9.96. The number of fused-ring (bicyclic) bond motifs is 1. The summed E-state index contributed by atoms with van der Waals surface area (Å²) >= 11 is 0. The quantitative estimate of drug-likeness (QED) is 0.335. The van der Waals surface area contributed by atoms with Crippen LogP contribution >= 0.6 is 0 Å². The zero-order chi connectivity index (χ0) is 26.3. The van der Waals surface area contributed by atoms with Crippen molar-refractivity contribution in [3.8, 4) is 17.2 Å². The van der Waals surface area contributed by atoms with Crippen molar-refractivity contribution < 1.29 is 9.47 Å². The van der Waals surface area contributed by atoms with E-state index in [9.17, 15) is 0 Å². The number of nitrogens with zero attached hydrogens (tertiary/aromatic N) is 5. The summed E-state index contributed by atoms with van der Waals surface area (Å²) in [6.45, 7) is 16.1. The van der Waals surface area contributed by atoms with Gasteiger partial charge in [-0.25, -0.2) is 0 Å². The molecule has 1 saturated heterocycles. The van der Waals surface area contributed by atoms with Gasteiger partial charge in [0.25, 0.3) is 0 Å². The standard InChI is InChI=1S/C30H37N5O2/c1-8-37-25-12-13-26(27(17-25)36-7)35-22(5)28-21(4)31-32-30(29(28)23(35)6)33-14-15-34(20(3)18-33)24-11-9-10-19(2)16-24/h9-13,16-17,20H,8,14-15,18H2,1-7H3. The Morgan fingerprint density at radius 3 is 2.43 bits per heavy atom. The molecule has 194 valence electrons. The van der Waals surface area contributed by atoms with Gasteiger partial charge in [-0.05, 0) is 71.4 Å². The van der Waals surface area contributed by atoms with Crippen molar-refractivity contribution in [1.29, 1.82) is 0 Å². The highest BCUT2D eigenvalue weighted by Gasteiger charge is 2.29. The van der Waals surface area contributed by atoms with Crippen molar-refractivity contribution >= 4 is 22.3 Å². The Balaban J connectivity index is 1.56. The summed E-state index contributed by atoms with van der Waals surface area (Å²) in [6, 6.07) is 15.2. The molecule has 0 saturated carbocycles. The van der Waals surface area contributed by atoms with Gasteiger partial charge in [-0.15, -0.1) is 5.10 Å². The van der Waals surface area contributed by atoms with E-state index in [2.05, 4.69) is 77.5 Å². The predicted octanol–water partition coefficient (Wildman–Crippen LogP) is 5.78. The van der Waals surface area contributed by atoms with Crippen LogP contribution in [0.4, 0.5) is 11.5 Å². The number of aromatic nitrogens is 3. The number of methoxy groups -OCH3 is 1. The number of benzene rings is 2. The van der Waals surface area contributed by atoms with Crippen molar-refractivity contribution in [2.75, 3.05) is 43.2 Å². The first-order valence-electron chi connectivity index (χ1n) is 13.1. The van der Waals surface area contributed by atoms with Crippen molar-refractivity contribution in [1.82, 2.24) is 14.8 Å². The fraction of sp³-hybridized carbons (Fsp3) is 0.400. The number of hydrogen-bond acceptors (Lipinski definition) is 6. The SMILES string of the molecule is CCOc1ccc(-n2c(C)c3c(C)nnc(N4CCN(c5cccc(C)c5)C(C)C4)c3c2C)c(OC)c1. The van der Waals surface area contributed by atoms with Crippen LogP contribution in [0.15, 0.2) is 42.5 Å². The molecule has 4 aromatic rings. The van der Waals surface area contributed by atoms with E-state index in [4.69, 9.17) is 14.6 Å². The molecule has 1 aliphatic heterocycles. The average molecular weight is 500 g/mol. The first kappa shape index (κ1) is 24.9. The van der Waals surface area contributed by atoms with Crippen LogP contribution in [-0.2, 0) is 0 Å². The molecule has 1 fully saturated rings. The van der Waals surface area contributed by atoms with Crippen molar-refractivity contribution in [2.45, 2.75) is 47.6 Å². The zero-order valence-corrected chi connectivity index (χ0v) is 23.0. The average Bonchev–Trinajstić information content (AvgIpc) is 3.15. The van der Waals surface area contributed by atoms with Crippen LogP contribution in [0.3, 0.4) is 0 Å². The molecule has 2 aromatic heterocycles. The van der Waals surface area contributed by atoms with Crippen molar-refractivity contribution in [3.05, 3.63) is 65.1 Å². The third kappa shape index (κ3) is 4.37. The molecule has 7 heteroatoms. The number of anilines is 2. The Hall–Kier alpha value is -3.74. The fourth-order valence-electron chi connectivity index (χ4n) is 5.80. The van der Waals surface area contributed by atoms with E-state index in [-0.39, 0.29) is 0 Å². The Labute approximate surface area is 219 Å². The fourth-order valence-corrected chi connectivity index (χ4v) is 5.80. The molecule has 37 heavy (non-hydrogen) atoms. The maximum Gasteiger partial charge on any atom is 0.161 e. The largest absolute Gasteiger partial charge is 0.494 e. The van der Waals surface area contributed by atoms with Gasteiger partial charge >= 0.3 is 0 Å². The Morgan fingerprint density at radius 1 is 0.946 bits per heavy atom. The number of rotatable bonds is 6. The van der Waals surface area contributed by atoms with Crippen LogP contribution in [0.5, 0.6) is 11.5 Å². The van der Waals surface area contributed by atoms with Gasteiger partial charge in [0.05, 0.1) is 25.1 Å². The topological polar surface area (TPSA) is 55.7 Å². The minimum Gasteiger partial charge on any atom is -0.494 e. The summed E-state index contributed by atoms with van der Waals surface area (Å²) < 4.78 is 13.8. The van der Waals surface area contributed by atoms with E-state index >= 15 is 0 Å². The molecule has 0 aliphatic carbocycles. The molecule has 0 spiro atoms. The van der Waals surface area contributed by atoms with Crippen molar-refractivity contribution in [3.63, 3.8) is 0 Å². The van der Waals surface area contributed by atoms with Crippen LogP contribution in [-0.4, -0.2) is 54.2 Å². The molecule has 1 aliphatic rings. The minimum atomic E-state index is 0.350. The van der Waals surface area contributed by atoms with E-state index in [0.29, 0.717) is 12.6 Å². The summed E-state index contributed by atoms with van der Waals surface area (Å²) in [7, 11) is 1.71. The van der Waals surface area contributed by atoms with Gasteiger partial charge in [0.2, 0.25) is 0 Å². The molecule has 0 bridgehead atoms. The molecule has 7 nitrogen and oxygen atoms in total. The molecule has 0 amide bonds. The lowest BCUT2D eigenvalue weighted by molar-refractivity contribution is 0.336. The molecule has 5 rings (SSSR count).